The zero-order valence-corrected chi connectivity index (χ0v) is 8.47. The lowest BCUT2D eigenvalue weighted by Gasteiger charge is -2.35. The van der Waals surface area contributed by atoms with Gasteiger partial charge in [-0.25, -0.2) is 8.42 Å². The van der Waals surface area contributed by atoms with Crippen molar-refractivity contribution in [3.8, 4) is 0 Å². The fourth-order valence-electron chi connectivity index (χ4n) is 1.56. The van der Waals surface area contributed by atoms with E-state index in [1.54, 1.807) is 0 Å². The number of hydrogen-bond acceptors (Lipinski definition) is 3. The summed E-state index contributed by atoms with van der Waals surface area (Å²) < 4.78 is 29.3. The van der Waals surface area contributed by atoms with Crippen LogP contribution in [0.25, 0.3) is 0 Å². The highest BCUT2D eigenvalue weighted by molar-refractivity contribution is 7.89. The molecule has 0 unspecified atom stereocenters. The molecule has 1 aliphatic heterocycles. The van der Waals surface area contributed by atoms with Crippen molar-refractivity contribution in [1.82, 2.24) is 4.31 Å². The molecule has 72 valence electrons. The van der Waals surface area contributed by atoms with Crippen LogP contribution in [-0.2, 0) is 14.8 Å². The molecular formula is C7H15NO3S. The summed E-state index contributed by atoms with van der Waals surface area (Å²) >= 11 is 0. The monoisotopic (exact) mass is 193 g/mol. The van der Waals surface area contributed by atoms with Crippen LogP contribution in [0.1, 0.15) is 20.8 Å². The van der Waals surface area contributed by atoms with Crippen LogP contribution >= 0.6 is 0 Å². The number of rotatable bonds is 1. The second-order valence-electron chi connectivity index (χ2n) is 3.37. The van der Waals surface area contributed by atoms with Crippen molar-refractivity contribution in [2.75, 3.05) is 12.5 Å². The van der Waals surface area contributed by atoms with Gasteiger partial charge in [0.05, 0.1) is 6.61 Å². The van der Waals surface area contributed by atoms with Gasteiger partial charge in [0.1, 0.15) is 0 Å². The van der Waals surface area contributed by atoms with Gasteiger partial charge in [-0.2, -0.15) is 4.31 Å². The lowest BCUT2D eigenvalue weighted by Crippen LogP contribution is -2.50. The van der Waals surface area contributed by atoms with Crippen LogP contribution < -0.4 is 0 Å². The van der Waals surface area contributed by atoms with Gasteiger partial charge in [0.2, 0.25) is 10.0 Å². The van der Waals surface area contributed by atoms with E-state index in [2.05, 4.69) is 0 Å². The Morgan fingerprint density at radius 2 is 2.08 bits per heavy atom. The molecule has 0 amide bonds. The first-order valence-electron chi connectivity index (χ1n) is 4.04. The van der Waals surface area contributed by atoms with Crippen LogP contribution in [0.2, 0.25) is 0 Å². The van der Waals surface area contributed by atoms with Gasteiger partial charge in [-0.15, -0.1) is 0 Å². The Morgan fingerprint density at radius 3 is 2.42 bits per heavy atom. The van der Waals surface area contributed by atoms with Crippen molar-refractivity contribution in [1.29, 1.82) is 0 Å². The van der Waals surface area contributed by atoms with Crippen LogP contribution in [0.5, 0.6) is 0 Å². The average Bonchev–Trinajstić information content (AvgIpc) is 1.82. The molecule has 0 spiro atoms. The Labute approximate surface area is 73.6 Å². The first kappa shape index (κ1) is 9.95. The Hall–Kier alpha value is -0.130. The van der Waals surface area contributed by atoms with Gasteiger partial charge < -0.3 is 4.74 Å². The van der Waals surface area contributed by atoms with Crippen LogP contribution in [0, 0.1) is 0 Å². The molecule has 1 saturated heterocycles. The molecule has 5 heteroatoms. The standard InChI is InChI=1S/C7H15NO3S/c1-6(2)8-7(3)4-11-5-12(8,9)10/h6-7H,4-5H2,1-3H3/t7-/m0/s1. The maximum absolute atomic E-state index is 11.4. The minimum absolute atomic E-state index is 0.0221. The minimum Gasteiger partial charge on any atom is -0.362 e. The Morgan fingerprint density at radius 1 is 1.50 bits per heavy atom. The van der Waals surface area contributed by atoms with Crippen molar-refractivity contribution in [2.45, 2.75) is 32.9 Å². The second-order valence-corrected chi connectivity index (χ2v) is 5.19. The molecule has 12 heavy (non-hydrogen) atoms. The quantitative estimate of drug-likeness (QED) is 0.605. The molecule has 0 saturated carbocycles. The number of ether oxygens (including phenoxy) is 1. The first-order chi connectivity index (χ1) is 5.45. The molecule has 0 N–H and O–H groups in total. The molecule has 0 radical (unpaired) electrons. The van der Waals surface area contributed by atoms with Crippen LogP contribution in [0.3, 0.4) is 0 Å². The van der Waals surface area contributed by atoms with Gasteiger partial charge in [-0.3, -0.25) is 0 Å². The summed E-state index contributed by atoms with van der Waals surface area (Å²) in [4.78, 5) is 0. The van der Waals surface area contributed by atoms with E-state index >= 15 is 0 Å². The molecule has 1 rings (SSSR count). The molecule has 0 aromatic heterocycles. The van der Waals surface area contributed by atoms with E-state index in [9.17, 15) is 8.42 Å². The van der Waals surface area contributed by atoms with Crippen LogP contribution in [-0.4, -0.2) is 37.4 Å². The van der Waals surface area contributed by atoms with E-state index in [-0.39, 0.29) is 18.0 Å². The predicted octanol–water partition coefficient (Wildman–Crippen LogP) is 0.403. The topological polar surface area (TPSA) is 46.6 Å². The van der Waals surface area contributed by atoms with Gasteiger partial charge in [0.15, 0.2) is 5.94 Å². The van der Waals surface area contributed by atoms with Crippen molar-refractivity contribution >= 4 is 10.0 Å². The summed E-state index contributed by atoms with van der Waals surface area (Å²) in [6, 6.07) is -0.0161. The summed E-state index contributed by atoms with van der Waals surface area (Å²) in [5.41, 5.74) is 0. The van der Waals surface area contributed by atoms with Crippen molar-refractivity contribution < 1.29 is 13.2 Å². The Kier molecular flexibility index (Phi) is 2.75. The molecule has 1 aliphatic rings. The van der Waals surface area contributed by atoms with Gasteiger partial charge in [-0.05, 0) is 20.8 Å². The van der Waals surface area contributed by atoms with Crippen LogP contribution in [0.15, 0.2) is 0 Å². The normalized spacial score (nSPS) is 30.8. The highest BCUT2D eigenvalue weighted by Gasteiger charge is 2.33. The van der Waals surface area contributed by atoms with Gasteiger partial charge in [-0.1, -0.05) is 0 Å². The Balaban J connectivity index is 2.89. The van der Waals surface area contributed by atoms with Crippen LogP contribution in [0.4, 0.5) is 0 Å². The molecule has 1 heterocycles. The predicted molar refractivity (Wildman–Crippen MR) is 46.2 cm³/mol. The van der Waals surface area contributed by atoms with E-state index in [0.717, 1.165) is 0 Å². The van der Waals surface area contributed by atoms with E-state index < -0.39 is 10.0 Å². The maximum atomic E-state index is 11.4. The molecule has 0 bridgehead atoms. The molecule has 0 aromatic carbocycles. The third kappa shape index (κ3) is 1.78. The SMILES string of the molecule is CC(C)N1[C@@H](C)COCS1(=O)=O. The van der Waals surface area contributed by atoms with E-state index in [1.807, 2.05) is 20.8 Å². The molecule has 0 aromatic rings. The maximum Gasteiger partial charge on any atom is 0.238 e. The molecule has 1 fully saturated rings. The lowest BCUT2D eigenvalue weighted by molar-refractivity contribution is 0.0849. The van der Waals surface area contributed by atoms with E-state index in [0.29, 0.717) is 6.61 Å². The third-order valence-electron chi connectivity index (χ3n) is 1.86. The molecule has 1 atom stereocenters. The van der Waals surface area contributed by atoms with Crippen molar-refractivity contribution in [2.24, 2.45) is 0 Å². The fourth-order valence-corrected chi connectivity index (χ4v) is 3.24. The van der Waals surface area contributed by atoms with Crippen molar-refractivity contribution in [3.05, 3.63) is 0 Å². The lowest BCUT2D eigenvalue weighted by atomic mass is 10.3. The van der Waals surface area contributed by atoms with Gasteiger partial charge >= 0.3 is 0 Å². The second kappa shape index (κ2) is 3.32. The first-order valence-corrected chi connectivity index (χ1v) is 5.65. The molecule has 0 aliphatic carbocycles. The average molecular weight is 193 g/mol. The largest absolute Gasteiger partial charge is 0.362 e. The molecular weight excluding hydrogens is 178 g/mol. The number of hydrogen-bond donors (Lipinski definition) is 0. The fraction of sp³-hybridized carbons (Fsp3) is 1.00. The number of sulfonamides is 1. The highest BCUT2D eigenvalue weighted by Crippen LogP contribution is 2.17. The van der Waals surface area contributed by atoms with E-state index in [1.165, 1.54) is 4.31 Å². The summed E-state index contributed by atoms with van der Waals surface area (Å²) in [5.74, 6) is -0.171. The molecule has 4 nitrogen and oxygen atoms in total. The zero-order valence-electron chi connectivity index (χ0n) is 7.65. The van der Waals surface area contributed by atoms with Crippen molar-refractivity contribution in [3.63, 3.8) is 0 Å². The van der Waals surface area contributed by atoms with Gasteiger partial charge in [0, 0.05) is 12.1 Å². The van der Waals surface area contributed by atoms with Gasteiger partial charge in [0.25, 0.3) is 0 Å². The zero-order chi connectivity index (χ0) is 9.35. The van der Waals surface area contributed by atoms with E-state index in [4.69, 9.17) is 4.74 Å². The summed E-state index contributed by atoms with van der Waals surface area (Å²) in [7, 11) is -3.16. The smallest absolute Gasteiger partial charge is 0.238 e. The summed E-state index contributed by atoms with van der Waals surface area (Å²) in [5, 5.41) is 0. The summed E-state index contributed by atoms with van der Waals surface area (Å²) in [6.07, 6.45) is 0. The number of nitrogens with zero attached hydrogens (tertiary/aromatic N) is 1. The minimum atomic E-state index is -3.16. The summed E-state index contributed by atoms with van der Waals surface area (Å²) in [6.45, 7) is 6.10. The highest BCUT2D eigenvalue weighted by atomic mass is 32.2. The Bertz CT molecular complexity index is 247. The third-order valence-corrected chi connectivity index (χ3v) is 3.74.